The first-order valence-corrected chi connectivity index (χ1v) is 10.6. The average Bonchev–Trinajstić information content (AvgIpc) is 3.36. The molecule has 8 heteroatoms. The van der Waals surface area contributed by atoms with E-state index < -0.39 is 0 Å². The molecule has 2 heterocycles. The van der Waals surface area contributed by atoms with Gasteiger partial charge >= 0.3 is 0 Å². The number of aromatic nitrogens is 1. The highest BCUT2D eigenvalue weighted by molar-refractivity contribution is 7.15. The smallest absolute Gasteiger partial charge is 0.271 e. The van der Waals surface area contributed by atoms with Crippen molar-refractivity contribution >= 4 is 17.2 Å². The molecule has 1 aromatic heterocycles. The van der Waals surface area contributed by atoms with Crippen molar-refractivity contribution in [2.45, 2.75) is 32.7 Å². The van der Waals surface area contributed by atoms with Gasteiger partial charge in [-0.25, -0.2) is 4.98 Å². The van der Waals surface area contributed by atoms with E-state index in [-0.39, 0.29) is 5.91 Å². The summed E-state index contributed by atoms with van der Waals surface area (Å²) in [4.78, 5) is 20.7. The second-order valence-electron chi connectivity index (χ2n) is 6.97. The van der Waals surface area contributed by atoms with E-state index in [4.69, 9.17) is 14.2 Å². The highest BCUT2D eigenvalue weighted by atomic mass is 32.1. The van der Waals surface area contributed by atoms with Gasteiger partial charge < -0.3 is 19.5 Å². The summed E-state index contributed by atoms with van der Waals surface area (Å²) in [7, 11) is 4.73. The number of methoxy groups -OCH3 is 3. The number of hydrogen-bond acceptors (Lipinski definition) is 7. The van der Waals surface area contributed by atoms with Crippen LogP contribution in [-0.2, 0) is 0 Å². The van der Waals surface area contributed by atoms with Gasteiger partial charge in [0.2, 0.25) is 5.75 Å². The molecule has 0 aliphatic carbocycles. The zero-order valence-corrected chi connectivity index (χ0v) is 18.5. The Labute approximate surface area is 176 Å². The van der Waals surface area contributed by atoms with Gasteiger partial charge in [-0.05, 0) is 45.0 Å². The molecule has 1 aromatic carbocycles. The molecule has 0 unspecified atom stereocenters. The number of likely N-dealkylation sites (tertiary alicyclic amines) is 1. The predicted molar refractivity (Wildman–Crippen MR) is 115 cm³/mol. The lowest BCUT2D eigenvalue weighted by Crippen LogP contribution is -2.40. The largest absolute Gasteiger partial charge is 0.493 e. The van der Waals surface area contributed by atoms with Crippen molar-refractivity contribution in [2.24, 2.45) is 0 Å². The minimum atomic E-state index is -0.125. The van der Waals surface area contributed by atoms with Gasteiger partial charge in [0.05, 0.1) is 21.3 Å². The third-order valence-electron chi connectivity index (χ3n) is 5.33. The van der Waals surface area contributed by atoms with E-state index in [0.717, 1.165) is 35.0 Å². The van der Waals surface area contributed by atoms with Crippen molar-refractivity contribution in [1.29, 1.82) is 0 Å². The normalized spacial score (nSPS) is 16.7. The maximum absolute atomic E-state index is 12.8. The first-order chi connectivity index (χ1) is 14.0. The number of carbonyl (C=O) groups is 1. The van der Waals surface area contributed by atoms with Crippen molar-refractivity contribution in [2.75, 3.05) is 41.0 Å². The van der Waals surface area contributed by atoms with Gasteiger partial charge in [0.1, 0.15) is 10.7 Å². The summed E-state index contributed by atoms with van der Waals surface area (Å²) in [5.74, 6) is 1.52. The third-order valence-corrected chi connectivity index (χ3v) is 6.35. The van der Waals surface area contributed by atoms with Crippen LogP contribution in [0.5, 0.6) is 17.2 Å². The fourth-order valence-corrected chi connectivity index (χ4v) is 4.67. The van der Waals surface area contributed by atoms with Gasteiger partial charge in [-0.1, -0.05) is 6.92 Å². The predicted octanol–water partition coefficient (Wildman–Crippen LogP) is 3.36. The monoisotopic (exact) mass is 419 g/mol. The summed E-state index contributed by atoms with van der Waals surface area (Å²) < 4.78 is 16.2. The lowest BCUT2D eigenvalue weighted by Gasteiger charge is -2.22. The molecule has 1 aliphatic heterocycles. The first kappa shape index (κ1) is 21.4. The minimum Gasteiger partial charge on any atom is -0.493 e. The molecular formula is C21H29N3O4S. The summed E-state index contributed by atoms with van der Waals surface area (Å²) in [6, 6.07) is 4.11. The highest BCUT2D eigenvalue weighted by Gasteiger charge is 2.25. The lowest BCUT2D eigenvalue weighted by atomic mass is 10.2. The molecule has 1 fully saturated rings. The lowest BCUT2D eigenvalue weighted by molar-refractivity contribution is 0.0936. The van der Waals surface area contributed by atoms with Crippen LogP contribution >= 0.6 is 11.3 Å². The Hall–Kier alpha value is -2.32. The van der Waals surface area contributed by atoms with Crippen molar-refractivity contribution in [3.8, 4) is 27.8 Å². The van der Waals surface area contributed by atoms with Crippen LogP contribution in [0.25, 0.3) is 10.6 Å². The Bertz CT molecular complexity index is 843. The Balaban J connectivity index is 1.80. The SMILES string of the molecule is CCN1CCC[C@@H]1CNC(=O)c1nc(-c2cc(OC)c(OC)c(OC)c2)sc1C. The molecule has 0 saturated carbocycles. The van der Waals surface area contributed by atoms with Gasteiger partial charge in [0, 0.05) is 23.0 Å². The molecule has 158 valence electrons. The molecule has 1 saturated heterocycles. The van der Waals surface area contributed by atoms with E-state index in [9.17, 15) is 4.79 Å². The van der Waals surface area contributed by atoms with Crippen LogP contribution in [0.15, 0.2) is 12.1 Å². The molecule has 7 nitrogen and oxygen atoms in total. The Morgan fingerprint density at radius 1 is 1.24 bits per heavy atom. The van der Waals surface area contributed by atoms with Crippen molar-refractivity contribution in [3.63, 3.8) is 0 Å². The first-order valence-electron chi connectivity index (χ1n) is 9.82. The Morgan fingerprint density at radius 3 is 2.52 bits per heavy atom. The standard InChI is InChI=1S/C21H29N3O4S/c1-6-24-9-7-8-15(24)12-22-20(25)18-13(2)29-21(23-18)14-10-16(26-3)19(28-5)17(11-14)27-4/h10-11,15H,6-9,12H2,1-5H3,(H,22,25)/t15-/m1/s1. The van der Waals surface area contributed by atoms with Crippen LogP contribution in [0, 0.1) is 6.92 Å². The number of amides is 1. The zero-order chi connectivity index (χ0) is 21.0. The van der Waals surface area contributed by atoms with Crippen LogP contribution in [0.2, 0.25) is 0 Å². The van der Waals surface area contributed by atoms with E-state index >= 15 is 0 Å². The number of nitrogens with one attached hydrogen (secondary N) is 1. The average molecular weight is 420 g/mol. The number of hydrogen-bond donors (Lipinski definition) is 1. The maximum Gasteiger partial charge on any atom is 0.271 e. The van der Waals surface area contributed by atoms with Crippen molar-refractivity contribution in [3.05, 3.63) is 22.7 Å². The number of benzene rings is 1. The number of rotatable bonds is 8. The van der Waals surface area contributed by atoms with Gasteiger partial charge in [-0.15, -0.1) is 11.3 Å². The molecular weight excluding hydrogens is 390 g/mol. The third kappa shape index (κ3) is 4.48. The molecule has 1 atom stereocenters. The van der Waals surface area contributed by atoms with Crippen molar-refractivity contribution in [1.82, 2.24) is 15.2 Å². The topological polar surface area (TPSA) is 72.9 Å². The van der Waals surface area contributed by atoms with Crippen LogP contribution in [0.1, 0.15) is 35.1 Å². The minimum absolute atomic E-state index is 0.125. The Kier molecular flexibility index (Phi) is 6.97. The number of ether oxygens (including phenoxy) is 3. The summed E-state index contributed by atoms with van der Waals surface area (Å²) in [6.45, 7) is 6.86. The molecule has 29 heavy (non-hydrogen) atoms. The van der Waals surface area contributed by atoms with Crippen LogP contribution < -0.4 is 19.5 Å². The zero-order valence-electron chi connectivity index (χ0n) is 17.7. The van der Waals surface area contributed by atoms with E-state index in [1.54, 1.807) is 21.3 Å². The number of likely N-dealkylation sites (N-methyl/N-ethyl adjacent to an activating group) is 1. The molecule has 1 N–H and O–H groups in total. The second kappa shape index (κ2) is 9.45. The van der Waals surface area contributed by atoms with Crippen molar-refractivity contribution < 1.29 is 19.0 Å². The molecule has 1 amide bonds. The van der Waals surface area contributed by atoms with E-state index in [1.807, 2.05) is 19.1 Å². The van der Waals surface area contributed by atoms with Gasteiger partial charge in [0.25, 0.3) is 5.91 Å². The fraction of sp³-hybridized carbons (Fsp3) is 0.524. The summed E-state index contributed by atoms with van der Waals surface area (Å²) in [5, 5.41) is 3.81. The fourth-order valence-electron chi connectivity index (χ4n) is 3.77. The second-order valence-corrected chi connectivity index (χ2v) is 8.18. The van der Waals surface area contributed by atoms with Crippen LogP contribution in [0.4, 0.5) is 0 Å². The van der Waals surface area contributed by atoms with Gasteiger partial charge in [-0.3, -0.25) is 9.69 Å². The summed E-state index contributed by atoms with van der Waals surface area (Å²) in [6.07, 6.45) is 2.32. The van der Waals surface area contributed by atoms with Gasteiger partial charge in [0.15, 0.2) is 11.5 Å². The van der Waals surface area contributed by atoms with E-state index in [2.05, 4.69) is 22.1 Å². The number of aryl methyl sites for hydroxylation is 1. The number of nitrogens with zero attached hydrogens (tertiary/aromatic N) is 2. The molecule has 1 aliphatic rings. The van der Waals surface area contributed by atoms with E-state index in [0.29, 0.717) is 35.5 Å². The number of thiazole rings is 1. The van der Waals surface area contributed by atoms with Crippen LogP contribution in [0.3, 0.4) is 0 Å². The number of carbonyl (C=O) groups excluding carboxylic acids is 1. The molecule has 2 aromatic rings. The summed E-state index contributed by atoms with van der Waals surface area (Å²) >= 11 is 1.48. The maximum atomic E-state index is 12.8. The molecule has 3 rings (SSSR count). The highest BCUT2D eigenvalue weighted by Crippen LogP contribution is 2.42. The van der Waals surface area contributed by atoms with Gasteiger partial charge in [-0.2, -0.15) is 0 Å². The summed E-state index contributed by atoms with van der Waals surface area (Å²) in [5.41, 5.74) is 1.29. The van der Waals surface area contributed by atoms with Crippen LogP contribution in [-0.4, -0.2) is 62.8 Å². The Morgan fingerprint density at radius 2 is 1.93 bits per heavy atom. The molecule has 0 bridgehead atoms. The quantitative estimate of drug-likeness (QED) is 0.707. The van der Waals surface area contributed by atoms with E-state index in [1.165, 1.54) is 17.8 Å². The molecule has 0 spiro atoms. The molecule has 0 radical (unpaired) electrons.